The van der Waals surface area contributed by atoms with Gasteiger partial charge in [-0.2, -0.15) is 0 Å². The third-order valence-corrected chi connectivity index (χ3v) is 1.61. The summed E-state index contributed by atoms with van der Waals surface area (Å²) in [5.41, 5.74) is 4.65. The van der Waals surface area contributed by atoms with Gasteiger partial charge in [0, 0.05) is 10.9 Å². The fourth-order valence-electron chi connectivity index (χ4n) is 0.415. The van der Waals surface area contributed by atoms with E-state index >= 15 is 0 Å². The predicted molar refractivity (Wildman–Crippen MR) is 53.6 cm³/mol. The van der Waals surface area contributed by atoms with E-state index in [0.29, 0.717) is 6.42 Å². The number of nitrogens with two attached hydrogens (primary N) is 1. The largest absolute Gasteiger partial charge is 0.370 e. The zero-order chi connectivity index (χ0) is 9.40. The first-order valence-electron chi connectivity index (χ1n) is 3.65. The molecule has 0 bridgehead atoms. The second-order valence-corrected chi connectivity index (χ2v) is 3.03. The third-order valence-electron chi connectivity index (χ3n) is 1.08. The van der Waals surface area contributed by atoms with E-state index < -0.39 is 0 Å². The number of benzene rings is 1. The molecule has 1 rings (SSSR count). The van der Waals surface area contributed by atoms with Crippen molar-refractivity contribution in [2.24, 2.45) is 5.73 Å². The lowest BCUT2D eigenvalue weighted by molar-refractivity contribution is -0.117. The van der Waals surface area contributed by atoms with Gasteiger partial charge >= 0.3 is 0 Å². The molecule has 0 unspecified atom stereocenters. The van der Waals surface area contributed by atoms with Gasteiger partial charge in [0.2, 0.25) is 5.91 Å². The summed E-state index contributed by atoms with van der Waals surface area (Å²) in [4.78, 5) is 9.59. The topological polar surface area (TPSA) is 43.1 Å². The number of amides is 1. The van der Waals surface area contributed by atoms with E-state index in [1.54, 1.807) is 6.92 Å². The average molecular weight is 230 g/mol. The molecule has 0 aromatic heterocycles. The van der Waals surface area contributed by atoms with Gasteiger partial charge < -0.3 is 5.73 Å². The van der Waals surface area contributed by atoms with Gasteiger partial charge in [-0.25, -0.2) is 0 Å². The zero-order valence-corrected chi connectivity index (χ0v) is 8.54. The van der Waals surface area contributed by atoms with Crippen LogP contribution in [0.3, 0.4) is 0 Å². The quantitative estimate of drug-likeness (QED) is 0.790. The number of halogens is 1. The first-order valence-corrected chi connectivity index (χ1v) is 4.45. The minimum Gasteiger partial charge on any atom is -0.370 e. The van der Waals surface area contributed by atoms with E-state index in [9.17, 15) is 4.79 Å². The normalized spacial score (nSPS) is 8.17. The van der Waals surface area contributed by atoms with Crippen molar-refractivity contribution in [3.63, 3.8) is 0 Å². The Hall–Kier alpha value is -0.830. The van der Waals surface area contributed by atoms with E-state index in [1.807, 2.05) is 30.3 Å². The van der Waals surface area contributed by atoms with Gasteiger partial charge in [0.15, 0.2) is 0 Å². The summed E-state index contributed by atoms with van der Waals surface area (Å²) in [6.07, 6.45) is 0.444. The molecular weight excluding hydrogens is 218 g/mol. The second-order valence-electron chi connectivity index (χ2n) is 2.12. The lowest BCUT2D eigenvalue weighted by Crippen LogP contribution is -2.06. The highest BCUT2D eigenvalue weighted by molar-refractivity contribution is 9.10. The molecule has 1 amide bonds. The molecule has 0 heterocycles. The fourth-order valence-corrected chi connectivity index (χ4v) is 0.720. The minimum atomic E-state index is -0.245. The molecule has 0 aliphatic rings. The Morgan fingerprint density at radius 2 is 1.83 bits per heavy atom. The summed E-state index contributed by atoms with van der Waals surface area (Å²) >= 11 is 3.31. The summed E-state index contributed by atoms with van der Waals surface area (Å²) in [5, 5.41) is 0. The summed E-state index contributed by atoms with van der Waals surface area (Å²) in [5.74, 6) is -0.245. The summed E-state index contributed by atoms with van der Waals surface area (Å²) in [6.45, 7) is 1.72. The lowest BCUT2D eigenvalue weighted by atomic mass is 10.4. The van der Waals surface area contributed by atoms with Crippen LogP contribution in [-0.2, 0) is 4.79 Å². The Bertz CT molecular complexity index is 223. The molecule has 1 aromatic carbocycles. The molecule has 2 N–H and O–H groups in total. The van der Waals surface area contributed by atoms with Gasteiger partial charge in [-0.3, -0.25) is 4.79 Å². The van der Waals surface area contributed by atoms with E-state index in [4.69, 9.17) is 0 Å². The molecule has 3 heteroatoms. The van der Waals surface area contributed by atoms with Crippen LogP contribution in [0.1, 0.15) is 13.3 Å². The van der Waals surface area contributed by atoms with Gasteiger partial charge in [-0.1, -0.05) is 41.1 Å². The molecular formula is C9H12BrNO. The van der Waals surface area contributed by atoms with Crippen LogP contribution in [-0.4, -0.2) is 5.91 Å². The van der Waals surface area contributed by atoms with Crippen LogP contribution in [0.25, 0.3) is 0 Å². The average Bonchev–Trinajstić information content (AvgIpc) is 2.07. The van der Waals surface area contributed by atoms with E-state index in [-0.39, 0.29) is 5.91 Å². The molecule has 0 saturated carbocycles. The van der Waals surface area contributed by atoms with E-state index in [0.717, 1.165) is 4.47 Å². The highest BCUT2D eigenvalue weighted by Gasteiger charge is 1.77. The van der Waals surface area contributed by atoms with Gasteiger partial charge in [0.05, 0.1) is 0 Å². The SMILES string of the molecule is Brc1ccccc1.CCC(N)=O. The van der Waals surface area contributed by atoms with Crippen LogP contribution >= 0.6 is 15.9 Å². The maximum atomic E-state index is 9.59. The van der Waals surface area contributed by atoms with Crippen molar-refractivity contribution < 1.29 is 4.79 Å². The monoisotopic (exact) mass is 229 g/mol. The van der Waals surface area contributed by atoms with Crippen molar-refractivity contribution in [2.75, 3.05) is 0 Å². The number of rotatable bonds is 1. The number of hydrogen-bond acceptors (Lipinski definition) is 1. The van der Waals surface area contributed by atoms with Crippen LogP contribution in [0.4, 0.5) is 0 Å². The molecule has 0 spiro atoms. The molecule has 12 heavy (non-hydrogen) atoms. The Morgan fingerprint density at radius 1 is 1.42 bits per heavy atom. The van der Waals surface area contributed by atoms with Crippen LogP contribution in [0.15, 0.2) is 34.8 Å². The number of carbonyl (C=O) groups is 1. The van der Waals surface area contributed by atoms with Crippen molar-refractivity contribution in [2.45, 2.75) is 13.3 Å². The number of carbonyl (C=O) groups excluding carboxylic acids is 1. The fraction of sp³-hybridized carbons (Fsp3) is 0.222. The molecule has 0 saturated heterocycles. The predicted octanol–water partition coefficient (Wildman–Crippen LogP) is 2.33. The molecule has 66 valence electrons. The molecule has 1 aromatic rings. The number of primary amides is 1. The van der Waals surface area contributed by atoms with Gasteiger partial charge in [-0.15, -0.1) is 0 Å². The van der Waals surface area contributed by atoms with Gasteiger partial charge in [-0.05, 0) is 12.1 Å². The molecule has 0 radical (unpaired) electrons. The highest BCUT2D eigenvalue weighted by Crippen LogP contribution is 2.05. The summed E-state index contributed by atoms with van der Waals surface area (Å²) in [6, 6.07) is 9.97. The molecule has 0 aliphatic carbocycles. The van der Waals surface area contributed by atoms with Crippen molar-refractivity contribution >= 4 is 21.8 Å². The molecule has 0 fully saturated rings. The zero-order valence-electron chi connectivity index (χ0n) is 6.96. The van der Waals surface area contributed by atoms with Crippen LogP contribution in [0.5, 0.6) is 0 Å². The van der Waals surface area contributed by atoms with Crippen molar-refractivity contribution in [3.05, 3.63) is 34.8 Å². The summed E-state index contributed by atoms with van der Waals surface area (Å²) < 4.78 is 1.13. The van der Waals surface area contributed by atoms with Crippen LogP contribution in [0.2, 0.25) is 0 Å². The van der Waals surface area contributed by atoms with Crippen LogP contribution < -0.4 is 5.73 Å². The Morgan fingerprint density at radius 3 is 2.00 bits per heavy atom. The van der Waals surface area contributed by atoms with Crippen LogP contribution in [0, 0.1) is 0 Å². The summed E-state index contributed by atoms with van der Waals surface area (Å²) in [7, 11) is 0. The third kappa shape index (κ3) is 7.28. The van der Waals surface area contributed by atoms with E-state index in [2.05, 4.69) is 21.7 Å². The maximum Gasteiger partial charge on any atom is 0.217 e. The Kier molecular flexibility index (Phi) is 6.38. The standard InChI is InChI=1S/C6H5Br.C3H7NO/c7-6-4-2-1-3-5-6;1-2-3(4)5/h1-5H;2H2,1H3,(H2,4,5). The van der Waals surface area contributed by atoms with E-state index in [1.165, 1.54) is 0 Å². The van der Waals surface area contributed by atoms with Crippen molar-refractivity contribution in [3.8, 4) is 0 Å². The molecule has 2 nitrogen and oxygen atoms in total. The Labute approximate surface area is 80.9 Å². The molecule has 0 aliphatic heterocycles. The molecule has 0 atom stereocenters. The lowest BCUT2D eigenvalue weighted by Gasteiger charge is -1.80. The number of hydrogen-bond donors (Lipinski definition) is 1. The van der Waals surface area contributed by atoms with Crippen molar-refractivity contribution in [1.82, 2.24) is 0 Å². The smallest absolute Gasteiger partial charge is 0.217 e. The first-order chi connectivity index (χ1) is 5.66. The maximum absolute atomic E-state index is 9.59. The van der Waals surface area contributed by atoms with Gasteiger partial charge in [0.25, 0.3) is 0 Å². The Balaban J connectivity index is 0.000000217. The minimum absolute atomic E-state index is 0.245. The first kappa shape index (κ1) is 11.2. The van der Waals surface area contributed by atoms with Crippen molar-refractivity contribution in [1.29, 1.82) is 0 Å². The highest BCUT2D eigenvalue weighted by atomic mass is 79.9. The van der Waals surface area contributed by atoms with Gasteiger partial charge in [0.1, 0.15) is 0 Å². The second kappa shape index (κ2) is 6.85.